The molecular weight excluding hydrogens is 482 g/mol. The number of ether oxygens (including phenoxy) is 3. The van der Waals surface area contributed by atoms with Gasteiger partial charge in [0.1, 0.15) is 22.7 Å². The molecule has 0 aliphatic heterocycles. The summed E-state index contributed by atoms with van der Waals surface area (Å²) in [5.41, 5.74) is 2.49. The Bertz CT molecular complexity index is 1320. The van der Waals surface area contributed by atoms with Crippen LogP contribution < -0.4 is 25.2 Å². The fraction of sp³-hybridized carbons (Fsp3) is 0.345. The Hall–Kier alpha value is -4.11. The monoisotopic (exact) mass is 517 g/mol. The first-order valence-corrected chi connectivity index (χ1v) is 12.7. The molecule has 0 saturated carbocycles. The normalized spacial score (nSPS) is 11.8. The molecule has 9 nitrogen and oxygen atoms in total. The topological polar surface area (TPSA) is 102 Å². The van der Waals surface area contributed by atoms with Crippen molar-refractivity contribution in [2.75, 3.05) is 38.2 Å². The number of nitrogens with one attached hydrogen (secondary N) is 2. The Labute approximate surface area is 222 Å². The second kappa shape index (κ2) is 12.9. The third-order valence-electron chi connectivity index (χ3n) is 6.30. The standard InChI is InChI=1S/C29H35N5O4/c1-5-6-22(19-36-2)31-27-26-25(15-16-30-28(26)35)32-29(33-27)34(17-20-7-11-23(37-3)12-8-20)18-21-9-13-24(38-4)14-10-21/h7-16,22H,5-6,17-19H2,1-4H3,(H,30,35)(H,31,32,33)/t22-/m0/s1. The Morgan fingerprint density at radius 1 is 0.895 bits per heavy atom. The fourth-order valence-corrected chi connectivity index (χ4v) is 4.36. The summed E-state index contributed by atoms with van der Waals surface area (Å²) < 4.78 is 16.1. The first kappa shape index (κ1) is 26.9. The maximum atomic E-state index is 12.8. The molecule has 0 unspecified atom stereocenters. The number of hydrogen-bond acceptors (Lipinski definition) is 8. The highest BCUT2D eigenvalue weighted by atomic mass is 16.5. The maximum Gasteiger partial charge on any atom is 0.261 e. The van der Waals surface area contributed by atoms with Gasteiger partial charge < -0.3 is 29.4 Å². The number of fused-ring (bicyclic) bond motifs is 1. The Balaban J connectivity index is 1.77. The van der Waals surface area contributed by atoms with Crippen molar-refractivity contribution >= 4 is 22.7 Å². The number of methoxy groups -OCH3 is 3. The number of pyridine rings is 1. The van der Waals surface area contributed by atoms with E-state index in [9.17, 15) is 4.79 Å². The zero-order valence-corrected chi connectivity index (χ0v) is 22.4. The average molecular weight is 518 g/mol. The van der Waals surface area contributed by atoms with Gasteiger partial charge in [-0.2, -0.15) is 4.98 Å². The minimum atomic E-state index is -0.235. The van der Waals surface area contributed by atoms with Crippen LogP contribution in [0.5, 0.6) is 11.5 Å². The molecule has 0 bridgehead atoms. The molecule has 0 aliphatic rings. The van der Waals surface area contributed by atoms with Crippen LogP contribution in [-0.4, -0.2) is 48.9 Å². The highest BCUT2D eigenvalue weighted by molar-refractivity contribution is 5.89. The van der Waals surface area contributed by atoms with Crippen molar-refractivity contribution in [1.29, 1.82) is 0 Å². The summed E-state index contributed by atoms with van der Waals surface area (Å²) in [7, 11) is 4.98. The summed E-state index contributed by atoms with van der Waals surface area (Å²) >= 11 is 0. The zero-order chi connectivity index (χ0) is 26.9. The van der Waals surface area contributed by atoms with E-state index in [4.69, 9.17) is 24.2 Å². The second-order valence-corrected chi connectivity index (χ2v) is 9.08. The van der Waals surface area contributed by atoms with Gasteiger partial charge in [0.15, 0.2) is 0 Å². The van der Waals surface area contributed by atoms with Crippen molar-refractivity contribution in [3.05, 3.63) is 82.3 Å². The molecule has 0 radical (unpaired) electrons. The number of nitrogens with zero attached hydrogens (tertiary/aromatic N) is 3. The summed E-state index contributed by atoms with van der Waals surface area (Å²) in [6.45, 7) is 3.73. The molecule has 0 spiro atoms. The van der Waals surface area contributed by atoms with Gasteiger partial charge in [0.05, 0.1) is 32.4 Å². The quantitative estimate of drug-likeness (QED) is 0.262. The molecule has 4 aromatic rings. The van der Waals surface area contributed by atoms with Crippen LogP contribution in [0.1, 0.15) is 30.9 Å². The lowest BCUT2D eigenvalue weighted by molar-refractivity contribution is 0.182. The Morgan fingerprint density at radius 2 is 1.50 bits per heavy atom. The summed E-state index contributed by atoms with van der Waals surface area (Å²) in [6.07, 6.45) is 3.45. The van der Waals surface area contributed by atoms with E-state index in [2.05, 4.69) is 22.1 Å². The first-order valence-electron chi connectivity index (χ1n) is 12.7. The third-order valence-corrected chi connectivity index (χ3v) is 6.30. The number of hydrogen-bond donors (Lipinski definition) is 2. The SMILES string of the molecule is CCC[C@@H](COC)Nc1nc(N(Cc2ccc(OC)cc2)Cc2ccc(OC)cc2)nc2cc[nH]c(=O)c12. The number of benzene rings is 2. The zero-order valence-electron chi connectivity index (χ0n) is 22.4. The average Bonchev–Trinajstić information content (AvgIpc) is 2.93. The number of H-pyrrole nitrogens is 1. The third kappa shape index (κ3) is 6.60. The van der Waals surface area contributed by atoms with Crippen molar-refractivity contribution in [1.82, 2.24) is 15.0 Å². The van der Waals surface area contributed by atoms with E-state index in [0.29, 0.717) is 42.4 Å². The lowest BCUT2D eigenvalue weighted by atomic mass is 10.1. The molecule has 0 fully saturated rings. The highest BCUT2D eigenvalue weighted by Gasteiger charge is 2.19. The van der Waals surface area contributed by atoms with Crippen LogP contribution in [0, 0.1) is 0 Å². The molecule has 2 aromatic carbocycles. The number of anilines is 2. The lowest BCUT2D eigenvalue weighted by Crippen LogP contribution is -2.28. The summed E-state index contributed by atoms with van der Waals surface area (Å²) in [6, 6.07) is 17.7. The van der Waals surface area contributed by atoms with Gasteiger partial charge >= 0.3 is 0 Å². The van der Waals surface area contributed by atoms with E-state index in [1.54, 1.807) is 33.6 Å². The van der Waals surface area contributed by atoms with E-state index < -0.39 is 0 Å². The molecule has 9 heteroatoms. The second-order valence-electron chi connectivity index (χ2n) is 9.08. The predicted octanol–water partition coefficient (Wildman–Crippen LogP) is 4.77. The van der Waals surface area contributed by atoms with Crippen molar-refractivity contribution < 1.29 is 14.2 Å². The maximum absolute atomic E-state index is 12.8. The van der Waals surface area contributed by atoms with Crippen LogP contribution in [-0.2, 0) is 17.8 Å². The molecule has 200 valence electrons. The lowest BCUT2D eigenvalue weighted by Gasteiger charge is -2.25. The Kier molecular flexibility index (Phi) is 9.16. The smallest absolute Gasteiger partial charge is 0.261 e. The van der Waals surface area contributed by atoms with Gasteiger partial charge in [-0.25, -0.2) is 4.98 Å². The number of rotatable bonds is 13. The molecule has 4 rings (SSSR count). The summed E-state index contributed by atoms with van der Waals surface area (Å²) in [5.74, 6) is 2.60. The van der Waals surface area contributed by atoms with Gasteiger partial charge in [0.25, 0.3) is 5.56 Å². The molecule has 1 atom stereocenters. The number of aromatic nitrogens is 3. The first-order chi connectivity index (χ1) is 18.5. The highest BCUT2D eigenvalue weighted by Crippen LogP contribution is 2.25. The van der Waals surface area contributed by atoms with Gasteiger partial charge in [0, 0.05) is 26.4 Å². The van der Waals surface area contributed by atoms with Gasteiger partial charge in [-0.15, -0.1) is 0 Å². The molecule has 2 N–H and O–H groups in total. The van der Waals surface area contributed by atoms with Crippen molar-refractivity contribution in [2.24, 2.45) is 0 Å². The largest absolute Gasteiger partial charge is 0.497 e. The van der Waals surface area contributed by atoms with E-state index in [0.717, 1.165) is 35.5 Å². The predicted molar refractivity (Wildman–Crippen MR) is 150 cm³/mol. The summed E-state index contributed by atoms with van der Waals surface area (Å²) in [5, 5.41) is 3.89. The van der Waals surface area contributed by atoms with Gasteiger partial charge in [0.2, 0.25) is 5.95 Å². The molecule has 38 heavy (non-hydrogen) atoms. The molecule has 0 amide bonds. The minimum Gasteiger partial charge on any atom is -0.497 e. The van der Waals surface area contributed by atoms with Crippen LogP contribution in [0.3, 0.4) is 0 Å². The van der Waals surface area contributed by atoms with E-state index in [-0.39, 0.29) is 11.6 Å². The molecule has 2 heterocycles. The summed E-state index contributed by atoms with van der Waals surface area (Å²) in [4.78, 5) is 27.4. The van der Waals surface area contributed by atoms with E-state index >= 15 is 0 Å². The van der Waals surface area contributed by atoms with Gasteiger partial charge in [-0.3, -0.25) is 4.79 Å². The van der Waals surface area contributed by atoms with E-state index in [1.165, 1.54) is 0 Å². The van der Waals surface area contributed by atoms with Gasteiger partial charge in [-0.1, -0.05) is 37.6 Å². The van der Waals surface area contributed by atoms with Crippen molar-refractivity contribution in [3.63, 3.8) is 0 Å². The van der Waals surface area contributed by atoms with E-state index in [1.807, 2.05) is 48.5 Å². The minimum absolute atomic E-state index is 0.00665. The van der Waals surface area contributed by atoms with Crippen LogP contribution in [0.15, 0.2) is 65.6 Å². The van der Waals surface area contributed by atoms with Crippen LogP contribution >= 0.6 is 0 Å². The Morgan fingerprint density at radius 3 is 2.03 bits per heavy atom. The van der Waals surface area contributed by atoms with Crippen LogP contribution in [0.25, 0.3) is 10.9 Å². The number of aromatic amines is 1. The molecule has 2 aromatic heterocycles. The molecule has 0 aliphatic carbocycles. The van der Waals surface area contributed by atoms with Crippen molar-refractivity contribution in [2.45, 2.75) is 38.9 Å². The fourth-order valence-electron chi connectivity index (χ4n) is 4.36. The molecule has 0 saturated heterocycles. The van der Waals surface area contributed by atoms with Crippen molar-refractivity contribution in [3.8, 4) is 11.5 Å². The van der Waals surface area contributed by atoms with Crippen LogP contribution in [0.4, 0.5) is 11.8 Å². The van der Waals surface area contributed by atoms with Gasteiger partial charge in [-0.05, 0) is 47.9 Å². The van der Waals surface area contributed by atoms with Crippen LogP contribution in [0.2, 0.25) is 0 Å². The molecular formula is C29H35N5O4.